The standard InChI is InChI=1S/C16H11F2NO2/c1-21-16(20)15-8-11-3-2-10(7-14(11)19-15)9-4-5-12(17)13(18)6-9/h2-8,19H,1H3. The van der Waals surface area contributed by atoms with E-state index in [4.69, 9.17) is 0 Å². The minimum atomic E-state index is -0.894. The Hall–Kier alpha value is -2.69. The number of nitrogens with one attached hydrogen (secondary N) is 1. The summed E-state index contributed by atoms with van der Waals surface area (Å²) in [6.45, 7) is 0. The molecule has 3 nitrogen and oxygen atoms in total. The first-order chi connectivity index (χ1) is 10.1. The zero-order valence-electron chi connectivity index (χ0n) is 11.1. The fourth-order valence-electron chi connectivity index (χ4n) is 2.20. The van der Waals surface area contributed by atoms with Crippen LogP contribution in [0.3, 0.4) is 0 Å². The summed E-state index contributed by atoms with van der Waals surface area (Å²) in [5.74, 6) is -2.23. The third-order valence-corrected chi connectivity index (χ3v) is 3.28. The third kappa shape index (κ3) is 2.38. The van der Waals surface area contributed by atoms with Gasteiger partial charge in [-0.1, -0.05) is 18.2 Å². The number of hydrogen-bond acceptors (Lipinski definition) is 2. The van der Waals surface area contributed by atoms with E-state index in [0.29, 0.717) is 11.3 Å². The molecule has 0 saturated heterocycles. The average molecular weight is 287 g/mol. The second-order valence-electron chi connectivity index (χ2n) is 4.61. The molecule has 0 aliphatic heterocycles. The SMILES string of the molecule is COC(=O)c1cc2ccc(-c3ccc(F)c(F)c3)cc2[nH]1. The highest BCUT2D eigenvalue weighted by Gasteiger charge is 2.10. The van der Waals surface area contributed by atoms with Crippen LogP contribution in [0, 0.1) is 11.6 Å². The minimum Gasteiger partial charge on any atom is -0.464 e. The molecule has 0 fully saturated rings. The number of esters is 1. The number of carbonyl (C=O) groups excluding carboxylic acids is 1. The van der Waals surface area contributed by atoms with E-state index in [0.717, 1.165) is 28.6 Å². The van der Waals surface area contributed by atoms with Crippen molar-refractivity contribution in [3.05, 3.63) is 59.8 Å². The lowest BCUT2D eigenvalue weighted by Crippen LogP contribution is -2.00. The Bertz CT molecular complexity index is 839. The van der Waals surface area contributed by atoms with Gasteiger partial charge in [-0.3, -0.25) is 0 Å². The molecule has 0 saturated carbocycles. The molecule has 21 heavy (non-hydrogen) atoms. The van der Waals surface area contributed by atoms with E-state index in [9.17, 15) is 13.6 Å². The normalized spacial score (nSPS) is 10.8. The number of fused-ring (bicyclic) bond motifs is 1. The van der Waals surface area contributed by atoms with E-state index in [1.54, 1.807) is 24.3 Å². The van der Waals surface area contributed by atoms with Gasteiger partial charge in [0.05, 0.1) is 7.11 Å². The van der Waals surface area contributed by atoms with Gasteiger partial charge in [-0.25, -0.2) is 13.6 Å². The Morgan fingerprint density at radius 3 is 2.43 bits per heavy atom. The maximum Gasteiger partial charge on any atom is 0.354 e. The number of ether oxygens (including phenoxy) is 1. The van der Waals surface area contributed by atoms with E-state index in [1.165, 1.54) is 13.2 Å². The molecule has 3 rings (SSSR count). The molecule has 0 spiro atoms. The number of carbonyl (C=O) groups is 1. The Balaban J connectivity index is 2.07. The van der Waals surface area contributed by atoms with Gasteiger partial charge in [0.25, 0.3) is 0 Å². The molecule has 5 heteroatoms. The first kappa shape index (κ1) is 13.3. The maximum atomic E-state index is 13.3. The van der Waals surface area contributed by atoms with E-state index < -0.39 is 17.6 Å². The van der Waals surface area contributed by atoms with Gasteiger partial charge in [-0.05, 0) is 35.4 Å². The molecule has 0 atom stereocenters. The molecule has 2 aromatic carbocycles. The Morgan fingerprint density at radius 2 is 1.71 bits per heavy atom. The summed E-state index contributed by atoms with van der Waals surface area (Å²) >= 11 is 0. The van der Waals surface area contributed by atoms with Gasteiger partial charge in [-0.15, -0.1) is 0 Å². The van der Waals surface area contributed by atoms with Crippen molar-refractivity contribution in [3.63, 3.8) is 0 Å². The summed E-state index contributed by atoms with van der Waals surface area (Å²) in [6.07, 6.45) is 0. The molecule has 1 aromatic heterocycles. The van der Waals surface area contributed by atoms with Crippen LogP contribution < -0.4 is 0 Å². The van der Waals surface area contributed by atoms with Crippen molar-refractivity contribution < 1.29 is 18.3 Å². The maximum absolute atomic E-state index is 13.3. The van der Waals surface area contributed by atoms with Crippen LogP contribution in [-0.2, 0) is 4.74 Å². The number of methoxy groups -OCH3 is 1. The second kappa shape index (κ2) is 5.01. The predicted octanol–water partition coefficient (Wildman–Crippen LogP) is 3.90. The smallest absolute Gasteiger partial charge is 0.354 e. The number of hydrogen-bond donors (Lipinski definition) is 1. The summed E-state index contributed by atoms with van der Waals surface area (Å²) in [5.41, 5.74) is 2.34. The molecule has 0 bridgehead atoms. The zero-order valence-corrected chi connectivity index (χ0v) is 11.1. The fourth-order valence-corrected chi connectivity index (χ4v) is 2.20. The van der Waals surface area contributed by atoms with Crippen LogP contribution in [0.5, 0.6) is 0 Å². The number of aromatic nitrogens is 1. The van der Waals surface area contributed by atoms with E-state index >= 15 is 0 Å². The summed E-state index contributed by atoms with van der Waals surface area (Å²) in [6, 6.07) is 10.8. The summed E-state index contributed by atoms with van der Waals surface area (Å²) in [7, 11) is 1.31. The Labute approximate surface area is 119 Å². The first-order valence-electron chi connectivity index (χ1n) is 6.25. The molecular formula is C16H11F2NO2. The molecule has 0 aliphatic rings. The van der Waals surface area contributed by atoms with Crippen molar-refractivity contribution in [1.82, 2.24) is 4.98 Å². The third-order valence-electron chi connectivity index (χ3n) is 3.28. The minimum absolute atomic E-state index is 0.343. The van der Waals surface area contributed by atoms with Crippen molar-refractivity contribution in [2.24, 2.45) is 0 Å². The lowest BCUT2D eigenvalue weighted by Gasteiger charge is -2.02. The van der Waals surface area contributed by atoms with Gasteiger partial charge in [0.2, 0.25) is 0 Å². The molecule has 0 unspecified atom stereocenters. The van der Waals surface area contributed by atoms with E-state index in [2.05, 4.69) is 9.72 Å². The fraction of sp³-hybridized carbons (Fsp3) is 0.0625. The van der Waals surface area contributed by atoms with Crippen molar-refractivity contribution in [1.29, 1.82) is 0 Å². The average Bonchev–Trinajstić information content (AvgIpc) is 2.92. The molecule has 0 aliphatic carbocycles. The zero-order chi connectivity index (χ0) is 15.0. The Morgan fingerprint density at radius 1 is 1.00 bits per heavy atom. The van der Waals surface area contributed by atoms with Crippen LogP contribution in [0.1, 0.15) is 10.5 Å². The number of H-pyrrole nitrogens is 1. The van der Waals surface area contributed by atoms with Crippen molar-refractivity contribution in [2.45, 2.75) is 0 Å². The van der Waals surface area contributed by atoms with Gasteiger partial charge in [0.1, 0.15) is 5.69 Å². The second-order valence-corrected chi connectivity index (χ2v) is 4.61. The number of rotatable bonds is 2. The highest BCUT2D eigenvalue weighted by Crippen LogP contribution is 2.26. The van der Waals surface area contributed by atoms with Crippen LogP contribution in [0.25, 0.3) is 22.0 Å². The predicted molar refractivity (Wildman–Crippen MR) is 75.0 cm³/mol. The van der Waals surface area contributed by atoms with Gasteiger partial charge < -0.3 is 9.72 Å². The van der Waals surface area contributed by atoms with E-state index in [-0.39, 0.29) is 0 Å². The van der Waals surface area contributed by atoms with Gasteiger partial charge >= 0.3 is 5.97 Å². The molecule has 3 aromatic rings. The van der Waals surface area contributed by atoms with Crippen LogP contribution in [0.4, 0.5) is 8.78 Å². The number of benzene rings is 2. The Kier molecular flexibility index (Phi) is 3.17. The van der Waals surface area contributed by atoms with Crippen LogP contribution in [0.2, 0.25) is 0 Å². The lowest BCUT2D eigenvalue weighted by molar-refractivity contribution is 0.0595. The molecular weight excluding hydrogens is 276 g/mol. The molecule has 0 amide bonds. The van der Waals surface area contributed by atoms with Crippen LogP contribution in [0.15, 0.2) is 42.5 Å². The van der Waals surface area contributed by atoms with Crippen LogP contribution in [-0.4, -0.2) is 18.1 Å². The quantitative estimate of drug-likeness (QED) is 0.726. The van der Waals surface area contributed by atoms with Crippen molar-refractivity contribution in [2.75, 3.05) is 7.11 Å². The van der Waals surface area contributed by atoms with E-state index in [1.807, 2.05) is 0 Å². The van der Waals surface area contributed by atoms with Gasteiger partial charge in [0, 0.05) is 10.9 Å². The molecule has 106 valence electrons. The van der Waals surface area contributed by atoms with Crippen molar-refractivity contribution in [3.8, 4) is 11.1 Å². The van der Waals surface area contributed by atoms with Crippen LogP contribution >= 0.6 is 0 Å². The molecule has 1 N–H and O–H groups in total. The van der Waals surface area contributed by atoms with Gasteiger partial charge in [-0.2, -0.15) is 0 Å². The molecule has 0 radical (unpaired) electrons. The lowest BCUT2D eigenvalue weighted by atomic mass is 10.0. The first-order valence-corrected chi connectivity index (χ1v) is 6.25. The highest BCUT2D eigenvalue weighted by molar-refractivity contribution is 5.95. The van der Waals surface area contributed by atoms with Crippen molar-refractivity contribution >= 4 is 16.9 Å². The summed E-state index contributed by atoms with van der Waals surface area (Å²) in [4.78, 5) is 14.4. The largest absolute Gasteiger partial charge is 0.464 e. The summed E-state index contributed by atoms with van der Waals surface area (Å²) in [5, 5.41) is 0.835. The molecule has 1 heterocycles. The number of halogens is 2. The summed E-state index contributed by atoms with van der Waals surface area (Å²) < 4.78 is 30.9. The highest BCUT2D eigenvalue weighted by atomic mass is 19.2. The monoisotopic (exact) mass is 287 g/mol. The topological polar surface area (TPSA) is 42.1 Å². The van der Waals surface area contributed by atoms with Gasteiger partial charge in [0.15, 0.2) is 11.6 Å². The number of aromatic amines is 1.